The minimum atomic E-state index is -3.24. The standard InChI is InChI=1S/C18H38O.3Na.O5P2/c1-2-3-4-5-6-7-8-9-10-11-12-13-14-15-16-17-18-19;;;;1-6(2)5-7(3)4/h19H,2-18H2,1H3;;;;/q;3*+1;. The molecule has 11 heteroatoms. The number of unbranched alkanes of at least 4 members (excludes halogenated alkanes) is 15. The van der Waals surface area contributed by atoms with E-state index in [1.807, 2.05) is 0 Å². The van der Waals surface area contributed by atoms with Crippen molar-refractivity contribution in [2.45, 2.75) is 110 Å². The second-order valence-electron chi connectivity index (χ2n) is 6.56. The molecule has 0 spiro atoms. The topological polar surface area (TPSA) is 110 Å². The van der Waals surface area contributed by atoms with Gasteiger partial charge in [-0.15, -0.1) is 0 Å². The van der Waals surface area contributed by atoms with Crippen molar-refractivity contribution in [2.75, 3.05) is 6.61 Å². The van der Waals surface area contributed by atoms with E-state index < -0.39 is 16.5 Å². The van der Waals surface area contributed by atoms with Crippen LogP contribution in [-0.2, 0) is 13.4 Å². The van der Waals surface area contributed by atoms with E-state index in [1.54, 1.807) is 0 Å². The third-order valence-electron chi connectivity index (χ3n) is 4.15. The molecule has 0 aromatic rings. The molecular formula is C18H38Na3O6P2+3. The Kier molecular flexibility index (Phi) is 55.8. The van der Waals surface area contributed by atoms with Crippen molar-refractivity contribution in [3.05, 3.63) is 0 Å². The van der Waals surface area contributed by atoms with Gasteiger partial charge in [-0.25, -0.2) is 0 Å². The number of aliphatic hydroxyl groups is 1. The van der Waals surface area contributed by atoms with E-state index in [-0.39, 0.29) is 88.7 Å². The maximum Gasteiger partial charge on any atom is 1.00 e. The summed E-state index contributed by atoms with van der Waals surface area (Å²) in [5, 5.41) is 8.67. The third-order valence-corrected chi connectivity index (χ3v) is 5.21. The molecule has 0 aromatic carbocycles. The molecule has 0 saturated carbocycles. The van der Waals surface area contributed by atoms with E-state index in [0.29, 0.717) is 6.61 Å². The fourth-order valence-corrected chi connectivity index (χ4v) is 3.15. The van der Waals surface area contributed by atoms with Crippen LogP contribution in [0.3, 0.4) is 0 Å². The van der Waals surface area contributed by atoms with Gasteiger partial charge in [-0.05, 0) is 15.6 Å². The van der Waals surface area contributed by atoms with Gasteiger partial charge in [0, 0.05) is 6.61 Å². The molecule has 0 aromatic heterocycles. The van der Waals surface area contributed by atoms with Gasteiger partial charge in [0.15, 0.2) is 0 Å². The smallest absolute Gasteiger partial charge is 0.563 e. The van der Waals surface area contributed by atoms with Gasteiger partial charge in [0.1, 0.15) is 4.31 Å². The average Bonchev–Trinajstić information content (AvgIpc) is 2.58. The van der Waals surface area contributed by atoms with E-state index in [4.69, 9.17) is 5.11 Å². The fraction of sp³-hybridized carbons (Fsp3) is 1.00. The molecule has 0 bridgehead atoms. The Morgan fingerprint density at radius 2 is 0.828 bits per heavy atom. The summed E-state index contributed by atoms with van der Waals surface area (Å²) in [7, 11) is -6.47. The van der Waals surface area contributed by atoms with Crippen molar-refractivity contribution in [3.63, 3.8) is 0 Å². The Morgan fingerprint density at radius 3 is 1.00 bits per heavy atom. The normalized spacial score (nSPS) is 10.5. The van der Waals surface area contributed by atoms with Crippen LogP contribution in [0.15, 0.2) is 0 Å². The van der Waals surface area contributed by atoms with Crippen molar-refractivity contribution in [1.82, 2.24) is 0 Å². The summed E-state index contributed by atoms with van der Waals surface area (Å²) >= 11 is 0. The van der Waals surface area contributed by atoms with Crippen LogP contribution in [0.1, 0.15) is 110 Å². The molecule has 0 aliphatic heterocycles. The van der Waals surface area contributed by atoms with Crippen LogP contribution in [0, 0.1) is 0 Å². The second kappa shape index (κ2) is 38.3. The van der Waals surface area contributed by atoms with Gasteiger partial charge >= 0.3 is 105 Å². The molecule has 2 atom stereocenters. The van der Waals surface area contributed by atoms with E-state index in [1.165, 1.54) is 96.3 Å². The first-order valence-electron chi connectivity index (χ1n) is 10.1. The van der Waals surface area contributed by atoms with Gasteiger partial charge in [-0.2, -0.15) is 0 Å². The Labute approximate surface area is 246 Å². The zero-order chi connectivity index (χ0) is 19.9. The van der Waals surface area contributed by atoms with Crippen LogP contribution >= 0.6 is 16.5 Å². The van der Waals surface area contributed by atoms with Gasteiger partial charge in [-0.3, -0.25) is 0 Å². The zero-order valence-electron chi connectivity index (χ0n) is 19.4. The Morgan fingerprint density at radius 1 is 0.586 bits per heavy atom. The van der Waals surface area contributed by atoms with Gasteiger partial charge in [-0.1, -0.05) is 103 Å². The average molecular weight is 481 g/mol. The maximum absolute atomic E-state index is 9.24. The summed E-state index contributed by atoms with van der Waals surface area (Å²) in [6.45, 7) is 2.66. The summed E-state index contributed by atoms with van der Waals surface area (Å²) in [4.78, 5) is 18.5. The van der Waals surface area contributed by atoms with Crippen LogP contribution in [0.2, 0.25) is 0 Å². The first-order chi connectivity index (χ1) is 12.5. The molecule has 0 amide bonds. The molecule has 0 aliphatic rings. The number of aliphatic hydroxyl groups excluding tert-OH is 1. The fourth-order valence-electron chi connectivity index (χ4n) is 2.71. The molecule has 29 heavy (non-hydrogen) atoms. The molecule has 0 saturated heterocycles. The van der Waals surface area contributed by atoms with Crippen LogP contribution in [0.4, 0.5) is 0 Å². The quantitative estimate of drug-likeness (QED) is 0.123. The predicted octanol–water partition coefficient (Wildman–Crippen LogP) is -3.71. The van der Waals surface area contributed by atoms with Crippen LogP contribution in [0.25, 0.3) is 0 Å². The van der Waals surface area contributed by atoms with Crippen molar-refractivity contribution in [2.24, 2.45) is 0 Å². The van der Waals surface area contributed by atoms with Crippen molar-refractivity contribution in [1.29, 1.82) is 0 Å². The van der Waals surface area contributed by atoms with Crippen LogP contribution in [0.5, 0.6) is 0 Å². The third kappa shape index (κ3) is 49.3. The van der Waals surface area contributed by atoms with Gasteiger partial charge in [0.2, 0.25) is 0 Å². The minimum absolute atomic E-state index is 0. The van der Waals surface area contributed by atoms with E-state index in [0.717, 1.165) is 6.42 Å². The van der Waals surface area contributed by atoms with Gasteiger partial charge < -0.3 is 14.9 Å². The second-order valence-corrected chi connectivity index (χ2v) is 8.10. The van der Waals surface area contributed by atoms with Crippen molar-refractivity contribution < 1.29 is 117 Å². The zero-order valence-corrected chi connectivity index (χ0v) is 27.2. The largest absolute Gasteiger partial charge is 1.00 e. The summed E-state index contributed by atoms with van der Waals surface area (Å²) in [5.74, 6) is 0. The first-order valence-corrected chi connectivity index (χ1v) is 12.3. The molecule has 0 fully saturated rings. The first kappa shape index (κ1) is 42.2. The molecule has 0 heterocycles. The van der Waals surface area contributed by atoms with E-state index in [2.05, 4.69) is 11.2 Å². The summed E-state index contributed by atoms with van der Waals surface area (Å²) in [5.41, 5.74) is 0. The Hall–Kier alpha value is 3.04. The SMILES string of the molecule is CCCCCCCCCCCCCCCCCCO.O=[P+]([O-])O[P+](=O)[O-].[Na+].[Na+].[Na+]. The molecule has 1 N–H and O–H groups in total. The number of rotatable bonds is 18. The van der Waals surface area contributed by atoms with Crippen LogP contribution in [-0.4, -0.2) is 11.7 Å². The molecular weight excluding hydrogens is 443 g/mol. The van der Waals surface area contributed by atoms with Gasteiger partial charge in [0.05, 0.1) is 0 Å². The summed E-state index contributed by atoms with van der Waals surface area (Å²) in [6, 6.07) is 0. The molecule has 0 radical (unpaired) electrons. The monoisotopic (exact) mass is 481 g/mol. The Balaban J connectivity index is -0.000000166. The minimum Gasteiger partial charge on any atom is -0.563 e. The number of hydrogen-bond donors (Lipinski definition) is 1. The van der Waals surface area contributed by atoms with Crippen LogP contribution < -0.4 is 98.5 Å². The van der Waals surface area contributed by atoms with E-state index in [9.17, 15) is 18.9 Å². The Bertz CT molecular complexity index is 302. The molecule has 6 nitrogen and oxygen atoms in total. The summed E-state index contributed by atoms with van der Waals surface area (Å²) < 4.78 is 21.6. The van der Waals surface area contributed by atoms with Gasteiger partial charge in [0.25, 0.3) is 0 Å². The molecule has 156 valence electrons. The summed E-state index contributed by atoms with van der Waals surface area (Å²) in [6.07, 6.45) is 22.2. The predicted molar refractivity (Wildman–Crippen MR) is 103 cm³/mol. The van der Waals surface area contributed by atoms with Crippen molar-refractivity contribution >= 4 is 16.5 Å². The molecule has 2 unspecified atom stereocenters. The molecule has 0 rings (SSSR count). The van der Waals surface area contributed by atoms with E-state index >= 15 is 0 Å². The maximum atomic E-state index is 9.24. The number of hydrogen-bond acceptors (Lipinski definition) is 6. The van der Waals surface area contributed by atoms with Crippen molar-refractivity contribution in [3.8, 4) is 0 Å². The molecule has 0 aliphatic carbocycles.